The van der Waals surface area contributed by atoms with Crippen molar-refractivity contribution in [1.29, 1.82) is 0 Å². The number of ether oxygens (including phenoxy) is 1. The highest BCUT2D eigenvalue weighted by molar-refractivity contribution is 7.90. The number of carbonyl (C=O) groups is 3. The van der Waals surface area contributed by atoms with Crippen molar-refractivity contribution >= 4 is 29.2 Å². The second-order valence-corrected chi connectivity index (χ2v) is 11.2. The van der Waals surface area contributed by atoms with Crippen molar-refractivity contribution in [2.75, 3.05) is 13.2 Å². The van der Waals surface area contributed by atoms with Gasteiger partial charge in [0.05, 0.1) is 0 Å². The molecule has 2 N–H and O–H groups in total. The first-order valence-corrected chi connectivity index (χ1v) is 12.0. The van der Waals surface area contributed by atoms with E-state index in [0.29, 0.717) is 26.1 Å². The zero-order chi connectivity index (χ0) is 24.3. The molecule has 1 aromatic rings. The first-order chi connectivity index (χ1) is 15.5. The van der Waals surface area contributed by atoms with Crippen LogP contribution in [0.15, 0.2) is 24.3 Å². The van der Waals surface area contributed by atoms with Crippen LogP contribution in [-0.2, 0) is 25.7 Å². The lowest BCUT2D eigenvalue weighted by Crippen LogP contribution is -2.62. The summed E-state index contributed by atoms with van der Waals surface area (Å²) in [6.07, 6.45) is -1.58. The molecule has 3 rings (SSSR count). The number of nitrogens with one attached hydrogen (secondary N) is 2. The Morgan fingerprint density at radius 2 is 1.94 bits per heavy atom. The van der Waals surface area contributed by atoms with Gasteiger partial charge in [-0.3, -0.25) is 19.8 Å². The third kappa shape index (κ3) is 6.08. The molecule has 4 amide bonds. The summed E-state index contributed by atoms with van der Waals surface area (Å²) in [5.74, 6) is -3.70. The number of barbiturate groups is 1. The van der Waals surface area contributed by atoms with E-state index in [1.807, 2.05) is 0 Å². The van der Waals surface area contributed by atoms with Crippen LogP contribution in [0.3, 0.4) is 0 Å². The fourth-order valence-electron chi connectivity index (χ4n) is 3.83. The fraction of sp³-hybridized carbons (Fsp3) is 0.591. The third-order valence-corrected chi connectivity index (χ3v) is 7.26. The van der Waals surface area contributed by atoms with Gasteiger partial charge in [-0.05, 0) is 51.3 Å². The summed E-state index contributed by atoms with van der Waals surface area (Å²) in [6, 6.07) is 2.69. The van der Waals surface area contributed by atoms with Crippen LogP contribution in [-0.4, -0.2) is 57.5 Å². The molecule has 1 aromatic carbocycles. The van der Waals surface area contributed by atoms with E-state index in [1.165, 1.54) is 18.2 Å². The normalized spacial score (nSPS) is 23.3. The molecule has 0 bridgehead atoms. The molecule has 182 valence electrons. The molecule has 0 saturated carbocycles. The average Bonchev–Trinajstić information content (AvgIpc) is 2.74. The highest BCUT2D eigenvalue weighted by Crippen LogP contribution is 2.31. The lowest BCUT2D eigenvalue weighted by atomic mass is 9.91. The van der Waals surface area contributed by atoms with Gasteiger partial charge in [0.25, 0.3) is 0 Å². The zero-order valence-electron chi connectivity index (χ0n) is 18.8. The van der Waals surface area contributed by atoms with Crippen LogP contribution in [0.2, 0.25) is 0 Å². The number of alkyl halides is 1. The number of carbonyl (C=O) groups excluding carboxylic acids is 3. The number of nitrogens with zero attached hydrogens (tertiary/aromatic N) is 1. The molecule has 0 aromatic heterocycles. The van der Waals surface area contributed by atoms with Gasteiger partial charge >= 0.3 is 6.03 Å². The predicted molar refractivity (Wildman–Crippen MR) is 117 cm³/mol. The fourth-order valence-corrected chi connectivity index (χ4v) is 4.70. The lowest BCUT2D eigenvalue weighted by molar-refractivity contribution is -0.146. The minimum atomic E-state index is -1.87. The summed E-state index contributed by atoms with van der Waals surface area (Å²) in [6.45, 7) is 5.83. The Morgan fingerprint density at radius 1 is 1.27 bits per heavy atom. The van der Waals surface area contributed by atoms with Gasteiger partial charge in [0.1, 0.15) is 28.7 Å². The van der Waals surface area contributed by atoms with Crippen molar-refractivity contribution < 1.29 is 32.5 Å². The van der Waals surface area contributed by atoms with E-state index < -0.39 is 70.4 Å². The molecular weight excluding hydrogens is 456 g/mol. The van der Waals surface area contributed by atoms with Crippen LogP contribution in [0.5, 0.6) is 0 Å². The number of hydrogen-bond acceptors (Lipinski definition) is 6. The molecule has 0 spiro atoms. The molecule has 0 radical (unpaired) electrons. The topological polar surface area (TPSA) is 111 Å². The molecule has 2 heterocycles. The maximum Gasteiger partial charge on any atom is 0.331 e. The highest BCUT2D eigenvalue weighted by atomic mass is 32.2. The van der Waals surface area contributed by atoms with Crippen molar-refractivity contribution in [1.82, 2.24) is 14.9 Å². The monoisotopic (exact) mass is 485 g/mol. The smallest absolute Gasteiger partial charge is 0.331 e. The van der Waals surface area contributed by atoms with E-state index in [4.69, 9.17) is 4.74 Å². The van der Waals surface area contributed by atoms with Gasteiger partial charge in [-0.1, -0.05) is 12.1 Å². The Hall–Kier alpha value is -2.08. The van der Waals surface area contributed by atoms with Crippen LogP contribution in [0.4, 0.5) is 13.6 Å². The van der Waals surface area contributed by atoms with Crippen molar-refractivity contribution in [2.45, 2.75) is 63.0 Å². The Balaban J connectivity index is 1.83. The van der Waals surface area contributed by atoms with E-state index in [0.717, 1.165) is 11.0 Å². The second kappa shape index (κ2) is 10.5. The maximum atomic E-state index is 15.7. The number of benzene rings is 1. The Bertz CT molecular complexity index is 891. The summed E-state index contributed by atoms with van der Waals surface area (Å²) in [4.78, 5) is 38.9. The first-order valence-electron chi connectivity index (χ1n) is 10.8. The summed E-state index contributed by atoms with van der Waals surface area (Å²) < 4.78 is 49.4. The number of hydrogen-bond donors (Lipinski definition) is 2. The number of halogens is 2. The van der Waals surface area contributed by atoms with Crippen molar-refractivity contribution in [3.05, 3.63) is 35.6 Å². The van der Waals surface area contributed by atoms with Gasteiger partial charge in [0, 0.05) is 37.0 Å². The van der Waals surface area contributed by atoms with E-state index in [1.54, 1.807) is 20.8 Å². The molecule has 3 unspecified atom stereocenters. The standard InChI is InChI=1S/C22H29F2N3O5S/c1-22(2,3)33(31)26-18(13-5-4-6-14(23)11-13)17(24)12-16-19(28)25-21(30)27(20(16)29)15-7-9-32-10-8-15/h4-6,11,15-18,26H,7-10,12H2,1-3H3,(H,25,28,30)/t16?,17-,18?,33?/m0/s1. The number of amides is 4. The molecule has 4 atom stereocenters. The second-order valence-electron chi connectivity index (χ2n) is 9.18. The SMILES string of the molecule is CC(C)(C)[S+]([O-])NC(c1cccc(F)c1)[C@@H](F)CC1C(=O)NC(=O)N(C2CCOCC2)C1=O. The van der Waals surface area contributed by atoms with Gasteiger partial charge in [0.15, 0.2) is 0 Å². The molecule has 0 aliphatic carbocycles. The van der Waals surface area contributed by atoms with Crippen molar-refractivity contribution in [3.63, 3.8) is 0 Å². The number of rotatable bonds is 7. The lowest BCUT2D eigenvalue weighted by Gasteiger charge is -2.38. The van der Waals surface area contributed by atoms with Gasteiger partial charge < -0.3 is 9.29 Å². The molecule has 11 heteroatoms. The number of urea groups is 1. The van der Waals surface area contributed by atoms with E-state index in [-0.39, 0.29) is 5.56 Å². The Kier molecular flexibility index (Phi) is 8.09. The van der Waals surface area contributed by atoms with Crippen LogP contribution in [0, 0.1) is 11.7 Å². The summed E-state index contributed by atoms with van der Waals surface area (Å²) in [5, 5.41) is 2.14. The average molecular weight is 486 g/mol. The highest BCUT2D eigenvalue weighted by Gasteiger charge is 2.46. The van der Waals surface area contributed by atoms with Gasteiger partial charge in [0.2, 0.25) is 11.8 Å². The van der Waals surface area contributed by atoms with Crippen molar-refractivity contribution in [3.8, 4) is 0 Å². The van der Waals surface area contributed by atoms with Crippen LogP contribution >= 0.6 is 0 Å². The summed E-state index contributed by atoms with van der Waals surface area (Å²) >= 11 is -1.71. The molecule has 2 fully saturated rings. The van der Waals surface area contributed by atoms with Gasteiger partial charge in [-0.2, -0.15) is 0 Å². The van der Waals surface area contributed by atoms with E-state index in [2.05, 4.69) is 10.0 Å². The summed E-state index contributed by atoms with van der Waals surface area (Å²) in [7, 11) is 0. The number of imide groups is 2. The maximum absolute atomic E-state index is 15.7. The third-order valence-electron chi connectivity index (χ3n) is 5.68. The molecule has 33 heavy (non-hydrogen) atoms. The molecular formula is C22H29F2N3O5S. The van der Waals surface area contributed by atoms with Gasteiger partial charge in [-0.25, -0.2) is 13.6 Å². The largest absolute Gasteiger partial charge is 0.598 e. The molecule has 8 nitrogen and oxygen atoms in total. The quantitative estimate of drug-likeness (QED) is 0.454. The Morgan fingerprint density at radius 3 is 2.55 bits per heavy atom. The van der Waals surface area contributed by atoms with Gasteiger partial charge in [-0.15, -0.1) is 4.72 Å². The van der Waals surface area contributed by atoms with E-state index >= 15 is 4.39 Å². The van der Waals surface area contributed by atoms with Crippen LogP contribution < -0.4 is 10.0 Å². The van der Waals surface area contributed by atoms with Crippen molar-refractivity contribution in [2.24, 2.45) is 5.92 Å². The van der Waals surface area contributed by atoms with E-state index in [9.17, 15) is 23.3 Å². The predicted octanol–water partition coefficient (Wildman–Crippen LogP) is 2.52. The zero-order valence-corrected chi connectivity index (χ0v) is 19.6. The summed E-state index contributed by atoms with van der Waals surface area (Å²) in [5.41, 5.74) is 0.195. The molecule has 2 aliphatic rings. The van der Waals surface area contributed by atoms with Crippen LogP contribution in [0.25, 0.3) is 0 Å². The molecule has 2 aliphatic heterocycles. The minimum absolute atomic E-state index is 0.195. The minimum Gasteiger partial charge on any atom is -0.598 e. The first kappa shape index (κ1) is 25.5. The molecule has 2 saturated heterocycles. The van der Waals surface area contributed by atoms with Crippen LogP contribution in [0.1, 0.15) is 51.6 Å². The Labute approximate surface area is 194 Å².